The van der Waals surface area contributed by atoms with Gasteiger partial charge in [-0.15, -0.1) is 0 Å². The van der Waals surface area contributed by atoms with Crippen LogP contribution in [0.15, 0.2) is 18.2 Å². The van der Waals surface area contributed by atoms with E-state index in [1.165, 1.54) is 38.5 Å². The van der Waals surface area contributed by atoms with Crippen molar-refractivity contribution in [2.45, 2.75) is 51.1 Å². The fraction of sp³-hybridized carbons (Fsp3) is 0.625. The predicted octanol–water partition coefficient (Wildman–Crippen LogP) is 3.33. The first-order valence-electron chi connectivity index (χ1n) is 7.92. The van der Waals surface area contributed by atoms with Crippen molar-refractivity contribution in [3.05, 3.63) is 33.9 Å². The lowest BCUT2D eigenvalue weighted by Gasteiger charge is -2.44. The largest absolute Gasteiger partial charge is 0.393 e. The van der Waals surface area contributed by atoms with Gasteiger partial charge in [0.25, 0.3) is 5.69 Å². The molecule has 1 aliphatic heterocycles. The first kappa shape index (κ1) is 14.3. The van der Waals surface area contributed by atoms with Crippen molar-refractivity contribution in [2.75, 3.05) is 12.3 Å². The summed E-state index contributed by atoms with van der Waals surface area (Å²) in [4.78, 5) is 13.1. The molecule has 1 saturated carbocycles. The van der Waals surface area contributed by atoms with Gasteiger partial charge in [-0.05, 0) is 49.8 Å². The average molecular weight is 289 g/mol. The number of nitrogens with two attached hydrogens (primary N) is 1. The van der Waals surface area contributed by atoms with E-state index in [9.17, 15) is 10.1 Å². The summed E-state index contributed by atoms with van der Waals surface area (Å²) < 4.78 is 0. The number of fused-ring (bicyclic) bond motifs is 1. The number of hydrogen-bond donors (Lipinski definition) is 1. The van der Waals surface area contributed by atoms with Gasteiger partial charge in [0, 0.05) is 18.7 Å². The summed E-state index contributed by atoms with van der Waals surface area (Å²) in [6.07, 6.45) is 7.91. The van der Waals surface area contributed by atoms with Gasteiger partial charge in [0.15, 0.2) is 0 Å². The van der Waals surface area contributed by atoms with Crippen LogP contribution in [-0.2, 0) is 6.54 Å². The SMILES string of the molecule is Nc1ccc(CN2CCCC3CCCCC32)cc1[N+](=O)[O-]. The van der Waals surface area contributed by atoms with Crippen LogP contribution in [0.4, 0.5) is 11.4 Å². The van der Waals surface area contributed by atoms with E-state index in [1.54, 1.807) is 12.1 Å². The number of piperidine rings is 1. The molecule has 5 heteroatoms. The third kappa shape index (κ3) is 3.02. The predicted molar refractivity (Wildman–Crippen MR) is 82.9 cm³/mol. The Morgan fingerprint density at radius 3 is 2.81 bits per heavy atom. The van der Waals surface area contributed by atoms with Crippen molar-refractivity contribution in [3.63, 3.8) is 0 Å². The number of nitro groups is 1. The maximum absolute atomic E-state index is 11.0. The normalized spacial score (nSPS) is 26.3. The highest BCUT2D eigenvalue weighted by atomic mass is 16.6. The highest BCUT2D eigenvalue weighted by Gasteiger charge is 2.33. The Bertz CT molecular complexity index is 530. The smallest absolute Gasteiger partial charge is 0.292 e. The lowest BCUT2D eigenvalue weighted by atomic mass is 9.78. The number of nitro benzene ring substituents is 1. The molecule has 2 atom stereocenters. The van der Waals surface area contributed by atoms with Crippen molar-refractivity contribution >= 4 is 11.4 Å². The topological polar surface area (TPSA) is 72.4 Å². The molecule has 1 aromatic rings. The van der Waals surface area contributed by atoms with Gasteiger partial charge in [-0.1, -0.05) is 18.9 Å². The van der Waals surface area contributed by atoms with Crippen LogP contribution < -0.4 is 5.73 Å². The minimum atomic E-state index is -0.390. The highest BCUT2D eigenvalue weighted by Crippen LogP contribution is 2.36. The minimum absolute atomic E-state index is 0.0321. The molecule has 2 unspecified atom stereocenters. The molecule has 0 bridgehead atoms. The molecule has 0 amide bonds. The van der Waals surface area contributed by atoms with Crippen LogP contribution in [-0.4, -0.2) is 22.4 Å². The number of rotatable bonds is 3. The highest BCUT2D eigenvalue weighted by molar-refractivity contribution is 5.59. The second-order valence-corrected chi connectivity index (χ2v) is 6.37. The van der Waals surface area contributed by atoms with Gasteiger partial charge >= 0.3 is 0 Å². The molecule has 0 radical (unpaired) electrons. The van der Waals surface area contributed by atoms with E-state index >= 15 is 0 Å². The van der Waals surface area contributed by atoms with Gasteiger partial charge < -0.3 is 5.73 Å². The monoisotopic (exact) mass is 289 g/mol. The van der Waals surface area contributed by atoms with E-state index in [1.807, 2.05) is 6.07 Å². The number of nitrogens with zero attached hydrogens (tertiary/aromatic N) is 2. The van der Waals surface area contributed by atoms with Gasteiger partial charge in [-0.25, -0.2) is 0 Å². The molecule has 2 aliphatic rings. The minimum Gasteiger partial charge on any atom is -0.393 e. The zero-order valence-electron chi connectivity index (χ0n) is 12.3. The number of likely N-dealkylation sites (tertiary alicyclic amines) is 1. The lowest BCUT2D eigenvalue weighted by Crippen LogP contribution is -2.46. The molecule has 0 aromatic heterocycles. The summed E-state index contributed by atoms with van der Waals surface area (Å²) in [5, 5.41) is 11.0. The van der Waals surface area contributed by atoms with Crippen molar-refractivity contribution in [1.29, 1.82) is 0 Å². The van der Waals surface area contributed by atoms with Crippen LogP contribution >= 0.6 is 0 Å². The van der Waals surface area contributed by atoms with Crippen molar-refractivity contribution in [2.24, 2.45) is 5.92 Å². The van der Waals surface area contributed by atoms with Gasteiger partial charge in [0.1, 0.15) is 5.69 Å². The first-order chi connectivity index (χ1) is 10.1. The molecule has 21 heavy (non-hydrogen) atoms. The average Bonchev–Trinajstić information content (AvgIpc) is 2.49. The Morgan fingerprint density at radius 2 is 2.00 bits per heavy atom. The Morgan fingerprint density at radius 1 is 1.24 bits per heavy atom. The molecule has 1 aliphatic carbocycles. The first-order valence-corrected chi connectivity index (χ1v) is 7.92. The van der Waals surface area contributed by atoms with Crippen LogP contribution in [0.3, 0.4) is 0 Å². The molecule has 3 rings (SSSR count). The Kier molecular flexibility index (Phi) is 4.10. The maximum atomic E-state index is 11.0. The molecular weight excluding hydrogens is 266 g/mol. The number of nitrogen functional groups attached to an aromatic ring is 1. The van der Waals surface area contributed by atoms with Gasteiger partial charge in [0.2, 0.25) is 0 Å². The van der Waals surface area contributed by atoms with E-state index in [-0.39, 0.29) is 11.4 Å². The molecule has 1 saturated heterocycles. The molecular formula is C16H23N3O2. The third-order valence-electron chi connectivity index (χ3n) is 5.04. The second-order valence-electron chi connectivity index (χ2n) is 6.37. The van der Waals surface area contributed by atoms with E-state index in [2.05, 4.69) is 4.90 Å². The summed E-state index contributed by atoms with van der Waals surface area (Å²) in [7, 11) is 0. The summed E-state index contributed by atoms with van der Waals surface area (Å²) in [6, 6.07) is 5.90. The standard InChI is InChI=1S/C16H23N3O2/c17-14-8-7-12(10-16(14)19(20)21)11-18-9-3-5-13-4-1-2-6-15(13)18/h7-8,10,13,15H,1-6,9,11,17H2. The second kappa shape index (κ2) is 6.02. The lowest BCUT2D eigenvalue weighted by molar-refractivity contribution is -0.384. The van der Waals surface area contributed by atoms with Crippen LogP contribution in [0.25, 0.3) is 0 Å². The number of hydrogen-bond acceptors (Lipinski definition) is 4. The molecule has 114 valence electrons. The fourth-order valence-electron chi connectivity index (χ4n) is 4.00. The van der Waals surface area contributed by atoms with E-state index in [4.69, 9.17) is 5.73 Å². The Balaban J connectivity index is 1.76. The molecule has 2 fully saturated rings. The van der Waals surface area contributed by atoms with Gasteiger partial charge in [-0.2, -0.15) is 0 Å². The summed E-state index contributed by atoms with van der Waals surface area (Å²) in [5.74, 6) is 0.830. The van der Waals surface area contributed by atoms with E-state index in [0.717, 1.165) is 24.6 Å². The quantitative estimate of drug-likeness (QED) is 0.526. The molecule has 1 heterocycles. The molecule has 2 N–H and O–H groups in total. The fourth-order valence-corrected chi connectivity index (χ4v) is 4.00. The zero-order valence-corrected chi connectivity index (χ0v) is 12.3. The van der Waals surface area contributed by atoms with E-state index < -0.39 is 4.92 Å². The zero-order chi connectivity index (χ0) is 14.8. The maximum Gasteiger partial charge on any atom is 0.292 e. The summed E-state index contributed by atoms with van der Waals surface area (Å²) in [6.45, 7) is 1.92. The molecule has 1 aromatic carbocycles. The number of benzene rings is 1. The van der Waals surface area contributed by atoms with Crippen LogP contribution in [0.5, 0.6) is 0 Å². The Labute approximate surface area is 125 Å². The number of anilines is 1. The van der Waals surface area contributed by atoms with Crippen LogP contribution in [0, 0.1) is 16.0 Å². The van der Waals surface area contributed by atoms with Crippen molar-refractivity contribution in [1.82, 2.24) is 4.90 Å². The third-order valence-corrected chi connectivity index (χ3v) is 5.04. The molecule has 0 spiro atoms. The van der Waals surface area contributed by atoms with Gasteiger partial charge in [-0.3, -0.25) is 15.0 Å². The summed E-state index contributed by atoms with van der Waals surface area (Å²) >= 11 is 0. The van der Waals surface area contributed by atoms with E-state index in [0.29, 0.717) is 6.04 Å². The van der Waals surface area contributed by atoms with Gasteiger partial charge in [0.05, 0.1) is 4.92 Å². The Hall–Kier alpha value is -1.62. The van der Waals surface area contributed by atoms with Crippen molar-refractivity contribution in [3.8, 4) is 0 Å². The summed E-state index contributed by atoms with van der Waals surface area (Å²) in [5.41, 5.74) is 6.96. The van der Waals surface area contributed by atoms with Crippen LogP contribution in [0.1, 0.15) is 44.1 Å². The van der Waals surface area contributed by atoms with Crippen molar-refractivity contribution < 1.29 is 4.92 Å². The molecule has 5 nitrogen and oxygen atoms in total. The van der Waals surface area contributed by atoms with Crippen LogP contribution in [0.2, 0.25) is 0 Å².